The van der Waals surface area contributed by atoms with Crippen LogP contribution in [0.25, 0.3) is 0 Å². The number of amides is 2. The summed E-state index contributed by atoms with van der Waals surface area (Å²) in [6, 6.07) is -1.13. The highest BCUT2D eigenvalue weighted by Gasteiger charge is 2.24. The molecule has 0 aliphatic rings. The maximum Gasteiger partial charge on any atom is 0.267 e. The molecule has 0 saturated heterocycles. The van der Waals surface area contributed by atoms with Crippen molar-refractivity contribution in [1.29, 1.82) is 0 Å². The van der Waals surface area contributed by atoms with E-state index in [1.54, 1.807) is 0 Å². The van der Waals surface area contributed by atoms with E-state index in [4.69, 9.17) is 11.6 Å². The van der Waals surface area contributed by atoms with Crippen LogP contribution in [0.3, 0.4) is 0 Å². The number of unbranched alkanes of at least 4 members (excludes halogenated alkanes) is 5. The Morgan fingerprint density at radius 2 is 1.75 bits per heavy atom. The number of hydrogen-bond acceptors (Lipinski definition) is 6. The smallest absolute Gasteiger partial charge is 0.267 e. The summed E-state index contributed by atoms with van der Waals surface area (Å²) in [6.07, 6.45) is 7.90. The third-order valence-corrected chi connectivity index (χ3v) is 3.84. The minimum atomic E-state index is -0.723. The molecule has 0 aliphatic heterocycles. The van der Waals surface area contributed by atoms with Crippen LogP contribution in [0.4, 0.5) is 0 Å². The zero-order valence-corrected chi connectivity index (χ0v) is 14.9. The summed E-state index contributed by atoms with van der Waals surface area (Å²) in [4.78, 5) is 27.5. The fourth-order valence-electron chi connectivity index (χ4n) is 2.44. The number of rotatable bonds is 15. The van der Waals surface area contributed by atoms with Crippen molar-refractivity contribution >= 4 is 18.5 Å². The van der Waals surface area contributed by atoms with Crippen LogP contribution in [0, 0.1) is 0 Å². The van der Waals surface area contributed by atoms with Gasteiger partial charge in [0.05, 0.1) is 12.7 Å². The normalized spacial score (nSPS) is 13.3. The Morgan fingerprint density at radius 3 is 2.33 bits per heavy atom. The fraction of sp³-hybridized carbons (Fsp3) is 0.812. The highest BCUT2D eigenvalue weighted by atomic mass is 16.2. The number of nitrogens with one attached hydrogen (secondary N) is 3. The van der Waals surface area contributed by atoms with Crippen LogP contribution in [-0.4, -0.2) is 43.8 Å². The van der Waals surface area contributed by atoms with Gasteiger partial charge in [-0.15, -0.1) is 0 Å². The molecule has 0 aromatic heterocycles. The van der Waals surface area contributed by atoms with Crippen molar-refractivity contribution in [3.8, 4) is 0 Å². The first-order valence-electron chi connectivity index (χ1n) is 8.78. The van der Waals surface area contributed by atoms with Crippen molar-refractivity contribution in [2.24, 2.45) is 16.6 Å². The lowest BCUT2D eigenvalue weighted by atomic mass is 10.0. The molecule has 24 heavy (non-hydrogen) atoms. The second-order valence-electron chi connectivity index (χ2n) is 5.83. The zero-order chi connectivity index (χ0) is 18.2. The molecule has 2 amide bonds. The molecular weight excluding hydrogens is 308 g/mol. The first kappa shape index (κ1) is 22.6. The van der Waals surface area contributed by atoms with E-state index in [0.29, 0.717) is 19.5 Å². The van der Waals surface area contributed by atoms with Gasteiger partial charge in [0.15, 0.2) is 0 Å². The molecule has 0 aliphatic carbocycles. The molecule has 0 aromatic rings. The lowest BCUT2D eigenvalue weighted by molar-refractivity contribution is -0.128. The van der Waals surface area contributed by atoms with E-state index in [9.17, 15) is 9.59 Å². The number of hydrogen-bond donors (Lipinski definition) is 5. The van der Waals surface area contributed by atoms with E-state index in [2.05, 4.69) is 34.7 Å². The van der Waals surface area contributed by atoms with Crippen molar-refractivity contribution in [3.63, 3.8) is 0 Å². The number of carbonyl (C=O) groups excluding carboxylic acids is 2. The van der Waals surface area contributed by atoms with Crippen LogP contribution in [0.15, 0.2) is 4.99 Å². The molecule has 8 heteroatoms. The van der Waals surface area contributed by atoms with Crippen LogP contribution in [0.2, 0.25) is 0 Å². The average molecular weight is 342 g/mol. The van der Waals surface area contributed by atoms with Crippen molar-refractivity contribution in [1.82, 2.24) is 16.1 Å². The quantitative estimate of drug-likeness (QED) is 0.0947. The maximum absolute atomic E-state index is 12.4. The Labute approximate surface area is 145 Å². The van der Waals surface area contributed by atoms with E-state index >= 15 is 0 Å². The van der Waals surface area contributed by atoms with Gasteiger partial charge < -0.3 is 11.1 Å². The van der Waals surface area contributed by atoms with E-state index in [0.717, 1.165) is 12.8 Å². The molecule has 2 atom stereocenters. The highest BCUT2D eigenvalue weighted by molar-refractivity contribution is 5.91. The maximum atomic E-state index is 12.4. The molecule has 0 fully saturated rings. The molecule has 0 bridgehead atoms. The van der Waals surface area contributed by atoms with Gasteiger partial charge in [-0.1, -0.05) is 45.4 Å². The van der Waals surface area contributed by atoms with Gasteiger partial charge in [0.25, 0.3) is 5.91 Å². The molecule has 8 nitrogen and oxygen atoms in total. The Morgan fingerprint density at radius 1 is 1.08 bits per heavy atom. The fourth-order valence-corrected chi connectivity index (χ4v) is 2.44. The molecule has 0 saturated carbocycles. The van der Waals surface area contributed by atoms with Crippen molar-refractivity contribution in [2.75, 3.05) is 13.2 Å². The molecule has 0 spiro atoms. The predicted molar refractivity (Wildman–Crippen MR) is 97.3 cm³/mol. The van der Waals surface area contributed by atoms with E-state index in [1.165, 1.54) is 25.7 Å². The van der Waals surface area contributed by atoms with E-state index in [-0.39, 0.29) is 12.5 Å². The Bertz CT molecular complexity index is 364. The molecule has 1 unspecified atom stereocenters. The Kier molecular flexibility index (Phi) is 14.3. The topological polar surface area (TPSA) is 135 Å². The third-order valence-electron chi connectivity index (χ3n) is 3.84. The standard InChI is InChI=1S/C16H34N6O2/c1-3-4-5-6-7-8-9-13(20-12-21-18)16(24)22-14(10-11-17)15(23)19-2/h13-14,20-21H,2-12,17-18H2,1H3,(H,22,24)/t13-,14?/m0/s1. The summed E-state index contributed by atoms with van der Waals surface area (Å²) in [7, 11) is 0. The number of nitrogens with two attached hydrogens (primary N) is 2. The van der Waals surface area contributed by atoms with E-state index < -0.39 is 18.0 Å². The van der Waals surface area contributed by atoms with Crippen LogP contribution in [0.5, 0.6) is 0 Å². The molecular formula is C16H34N6O2. The number of hydrazine groups is 1. The van der Waals surface area contributed by atoms with Gasteiger partial charge in [0.2, 0.25) is 5.91 Å². The minimum absolute atomic E-state index is 0.241. The third kappa shape index (κ3) is 10.4. The van der Waals surface area contributed by atoms with Gasteiger partial charge in [-0.3, -0.25) is 20.7 Å². The molecule has 0 aromatic carbocycles. The van der Waals surface area contributed by atoms with Crippen LogP contribution >= 0.6 is 0 Å². The molecule has 140 valence electrons. The first-order chi connectivity index (χ1) is 11.6. The SMILES string of the molecule is C=NC(=O)C(CCN)NC(=O)[C@H](CCCCCCCC)NCNN. The van der Waals surface area contributed by atoms with Crippen molar-refractivity contribution < 1.29 is 9.59 Å². The van der Waals surface area contributed by atoms with Crippen LogP contribution in [-0.2, 0) is 9.59 Å². The number of aliphatic imine (C=N–C) groups is 1. The van der Waals surface area contributed by atoms with Gasteiger partial charge in [0, 0.05) is 0 Å². The number of nitrogens with zero attached hydrogens (tertiary/aromatic N) is 1. The summed E-state index contributed by atoms with van der Waals surface area (Å²) in [6.45, 7) is 5.99. The van der Waals surface area contributed by atoms with Crippen molar-refractivity contribution in [2.45, 2.75) is 70.4 Å². The second-order valence-corrected chi connectivity index (χ2v) is 5.83. The Balaban J connectivity index is 4.45. The van der Waals surface area contributed by atoms with Crippen LogP contribution < -0.4 is 27.6 Å². The molecule has 0 rings (SSSR count). The second kappa shape index (κ2) is 15.2. The van der Waals surface area contributed by atoms with Gasteiger partial charge in [-0.25, -0.2) is 10.4 Å². The summed E-state index contributed by atoms with van der Waals surface area (Å²) in [5.74, 6) is 4.56. The largest absolute Gasteiger partial charge is 0.343 e. The van der Waals surface area contributed by atoms with Gasteiger partial charge in [-0.2, -0.15) is 0 Å². The predicted octanol–water partition coefficient (Wildman–Crippen LogP) is 0.177. The van der Waals surface area contributed by atoms with Gasteiger partial charge in [-0.05, 0) is 26.1 Å². The number of carbonyl (C=O) groups is 2. The summed E-state index contributed by atoms with van der Waals surface area (Å²) >= 11 is 0. The van der Waals surface area contributed by atoms with Gasteiger partial charge >= 0.3 is 0 Å². The van der Waals surface area contributed by atoms with Crippen LogP contribution in [0.1, 0.15) is 58.3 Å². The lowest BCUT2D eigenvalue weighted by Crippen LogP contribution is -2.52. The van der Waals surface area contributed by atoms with Crippen molar-refractivity contribution in [3.05, 3.63) is 0 Å². The summed E-state index contributed by atoms with van der Waals surface area (Å²) in [5.41, 5.74) is 7.96. The van der Waals surface area contributed by atoms with E-state index in [1.807, 2.05) is 0 Å². The molecule has 0 radical (unpaired) electrons. The Hall–Kier alpha value is -1.35. The summed E-state index contributed by atoms with van der Waals surface area (Å²) < 4.78 is 0. The summed E-state index contributed by atoms with van der Waals surface area (Å²) in [5, 5.41) is 5.74. The lowest BCUT2D eigenvalue weighted by Gasteiger charge is -2.21. The van der Waals surface area contributed by atoms with Gasteiger partial charge in [0.1, 0.15) is 6.04 Å². The average Bonchev–Trinajstić information content (AvgIpc) is 2.59. The zero-order valence-electron chi connectivity index (χ0n) is 14.9. The highest BCUT2D eigenvalue weighted by Crippen LogP contribution is 2.09. The molecule has 0 heterocycles. The minimum Gasteiger partial charge on any atom is -0.343 e. The molecule has 7 N–H and O–H groups in total. The monoisotopic (exact) mass is 342 g/mol. The first-order valence-corrected chi connectivity index (χ1v) is 8.78.